The number of H-pyrrole nitrogens is 1. The Morgan fingerprint density at radius 1 is 0.744 bits per heavy atom. The largest absolute Gasteiger partial charge is 0.534 e. The molecule has 206 valence electrons. The highest BCUT2D eigenvalue weighted by atomic mass is 32.2. The summed E-state index contributed by atoms with van der Waals surface area (Å²) in [5, 5.41) is 0.361. The van der Waals surface area contributed by atoms with Crippen LogP contribution < -0.4 is 8.37 Å². The van der Waals surface area contributed by atoms with Gasteiger partial charge in [-0.2, -0.15) is 43.2 Å². The second kappa shape index (κ2) is 8.91. The van der Waals surface area contributed by atoms with Gasteiger partial charge in [-0.15, -0.1) is 0 Å². The van der Waals surface area contributed by atoms with Crippen LogP contribution in [0, 0.1) is 0 Å². The van der Waals surface area contributed by atoms with Gasteiger partial charge in [0.2, 0.25) is 0 Å². The standard InChI is InChI=1S/C24H15F6NO6S2/c25-23(26,27)38(32,33)36-15-6-8-17-14(10-15)11-18(13-4-2-1-3-5-13)21-19-12-16(7-9-20(19)31-22(17)21)37-39(34,35)24(28,29)30/h1-10,12,18,31H,11H2. The topological polar surface area (TPSA) is 103 Å². The van der Waals surface area contributed by atoms with Gasteiger partial charge in [0.15, 0.2) is 0 Å². The molecule has 0 radical (unpaired) electrons. The van der Waals surface area contributed by atoms with Crippen molar-refractivity contribution in [2.24, 2.45) is 0 Å². The van der Waals surface area contributed by atoms with E-state index in [1.54, 1.807) is 30.3 Å². The average Bonchev–Trinajstić information content (AvgIpc) is 3.21. The third-order valence-corrected chi connectivity index (χ3v) is 8.07. The zero-order valence-electron chi connectivity index (χ0n) is 19.2. The lowest BCUT2D eigenvalue weighted by Gasteiger charge is -2.26. The van der Waals surface area contributed by atoms with Crippen molar-refractivity contribution in [3.63, 3.8) is 0 Å². The Morgan fingerprint density at radius 2 is 1.31 bits per heavy atom. The van der Waals surface area contributed by atoms with Crippen LogP contribution in [-0.4, -0.2) is 32.8 Å². The van der Waals surface area contributed by atoms with E-state index in [4.69, 9.17) is 0 Å². The molecule has 15 heteroatoms. The summed E-state index contributed by atoms with van der Waals surface area (Å²) in [7, 11) is -11.8. The predicted octanol–water partition coefficient (Wildman–Crippen LogP) is 5.98. The highest BCUT2D eigenvalue weighted by Crippen LogP contribution is 2.47. The maximum atomic E-state index is 12.9. The summed E-state index contributed by atoms with van der Waals surface area (Å²) in [6, 6.07) is 15.9. The second-order valence-electron chi connectivity index (χ2n) is 8.57. The van der Waals surface area contributed by atoms with E-state index >= 15 is 0 Å². The fraction of sp³-hybridized carbons (Fsp3) is 0.167. The summed E-state index contributed by atoms with van der Waals surface area (Å²) < 4.78 is 132. The van der Waals surface area contributed by atoms with Crippen molar-refractivity contribution >= 4 is 31.1 Å². The Balaban J connectivity index is 1.66. The van der Waals surface area contributed by atoms with E-state index in [2.05, 4.69) is 13.4 Å². The summed E-state index contributed by atoms with van der Waals surface area (Å²) in [4.78, 5) is 3.12. The quantitative estimate of drug-likeness (QED) is 0.174. The maximum Gasteiger partial charge on any atom is 0.534 e. The average molecular weight is 592 g/mol. The molecule has 39 heavy (non-hydrogen) atoms. The molecule has 1 atom stereocenters. The molecule has 5 rings (SSSR count). The first-order valence-corrected chi connectivity index (χ1v) is 13.7. The molecule has 1 aliphatic carbocycles. The summed E-state index contributed by atoms with van der Waals surface area (Å²) in [6.07, 6.45) is 0.147. The van der Waals surface area contributed by atoms with Crippen LogP contribution in [0.5, 0.6) is 11.5 Å². The molecule has 0 fully saturated rings. The lowest BCUT2D eigenvalue weighted by molar-refractivity contribution is -0.0504. The molecule has 1 heterocycles. The third kappa shape index (κ3) is 4.80. The first-order valence-electron chi connectivity index (χ1n) is 10.9. The number of alkyl halides is 6. The van der Waals surface area contributed by atoms with Crippen LogP contribution in [0.3, 0.4) is 0 Å². The summed E-state index contributed by atoms with van der Waals surface area (Å²) in [5.41, 5.74) is -8.15. The zero-order chi connectivity index (χ0) is 28.4. The molecule has 1 N–H and O–H groups in total. The van der Waals surface area contributed by atoms with Gasteiger partial charge < -0.3 is 13.4 Å². The van der Waals surface area contributed by atoms with Gasteiger partial charge in [-0.3, -0.25) is 0 Å². The molecule has 0 saturated carbocycles. The fourth-order valence-corrected chi connectivity index (χ4v) is 5.40. The van der Waals surface area contributed by atoms with Gasteiger partial charge >= 0.3 is 31.3 Å². The molecule has 0 aliphatic heterocycles. The number of halogens is 6. The van der Waals surface area contributed by atoms with E-state index in [-0.39, 0.29) is 6.42 Å². The number of hydrogen-bond acceptors (Lipinski definition) is 6. The van der Waals surface area contributed by atoms with E-state index in [0.717, 1.165) is 23.8 Å². The Bertz CT molecular complexity index is 1800. The smallest absolute Gasteiger partial charge is 0.376 e. The SMILES string of the molecule is O=S(=O)(Oc1ccc2c(c1)CC(c1ccccc1)c1c-2[nH]c2ccc(OS(=O)(=O)C(F)(F)F)cc12)C(F)(F)F. The van der Waals surface area contributed by atoms with Crippen molar-refractivity contribution in [2.75, 3.05) is 0 Å². The first kappa shape index (κ1) is 26.9. The van der Waals surface area contributed by atoms with Gasteiger partial charge in [-0.1, -0.05) is 30.3 Å². The molecule has 1 aliphatic rings. The Labute approximate surface area is 217 Å². The van der Waals surface area contributed by atoms with E-state index < -0.39 is 48.7 Å². The van der Waals surface area contributed by atoms with Crippen LogP contribution in [0.4, 0.5) is 26.3 Å². The first-order chi connectivity index (χ1) is 18.1. The lowest BCUT2D eigenvalue weighted by Crippen LogP contribution is -2.28. The molecule has 0 saturated heterocycles. The summed E-state index contributed by atoms with van der Waals surface area (Å²) >= 11 is 0. The monoisotopic (exact) mass is 591 g/mol. The van der Waals surface area contributed by atoms with Crippen LogP contribution in [0.25, 0.3) is 22.2 Å². The van der Waals surface area contributed by atoms with E-state index in [1.807, 2.05) is 0 Å². The van der Waals surface area contributed by atoms with Gasteiger partial charge in [0.05, 0.1) is 5.69 Å². The molecule has 1 aromatic heterocycles. The van der Waals surface area contributed by atoms with Gasteiger partial charge in [0.1, 0.15) is 11.5 Å². The van der Waals surface area contributed by atoms with Crippen LogP contribution in [0.2, 0.25) is 0 Å². The van der Waals surface area contributed by atoms with E-state index in [1.165, 1.54) is 18.2 Å². The van der Waals surface area contributed by atoms with Crippen LogP contribution in [-0.2, 0) is 26.7 Å². The van der Waals surface area contributed by atoms with Crippen molar-refractivity contribution < 1.29 is 51.5 Å². The highest BCUT2D eigenvalue weighted by Gasteiger charge is 2.49. The molecule has 7 nitrogen and oxygen atoms in total. The second-order valence-corrected chi connectivity index (χ2v) is 11.6. The molecular weight excluding hydrogens is 576 g/mol. The lowest BCUT2D eigenvalue weighted by atomic mass is 9.77. The van der Waals surface area contributed by atoms with Crippen molar-refractivity contribution in [1.82, 2.24) is 4.98 Å². The van der Waals surface area contributed by atoms with Crippen LogP contribution >= 0.6 is 0 Å². The number of hydrogen-bond donors (Lipinski definition) is 1. The Hall–Kier alpha value is -3.72. The highest BCUT2D eigenvalue weighted by molar-refractivity contribution is 7.88. The van der Waals surface area contributed by atoms with Crippen molar-refractivity contribution in [2.45, 2.75) is 23.4 Å². The van der Waals surface area contributed by atoms with Crippen LogP contribution in [0.15, 0.2) is 66.7 Å². The molecule has 4 aromatic rings. The minimum absolute atomic E-state index is 0.147. The van der Waals surface area contributed by atoms with Gasteiger partial charge in [0.25, 0.3) is 0 Å². The normalized spacial score (nSPS) is 16.0. The van der Waals surface area contributed by atoms with Crippen LogP contribution in [0.1, 0.15) is 22.6 Å². The Morgan fingerprint density at radius 3 is 1.90 bits per heavy atom. The molecule has 0 bridgehead atoms. The number of aromatic nitrogens is 1. The number of benzene rings is 3. The van der Waals surface area contributed by atoms with E-state index in [9.17, 15) is 43.2 Å². The van der Waals surface area contributed by atoms with E-state index in [0.29, 0.717) is 33.3 Å². The number of nitrogens with one attached hydrogen (secondary N) is 1. The minimum Gasteiger partial charge on any atom is -0.376 e. The van der Waals surface area contributed by atoms with Gasteiger partial charge in [-0.25, -0.2) is 0 Å². The summed E-state index contributed by atoms with van der Waals surface area (Å²) in [6.45, 7) is 0. The zero-order valence-corrected chi connectivity index (χ0v) is 20.8. The number of aromatic amines is 1. The van der Waals surface area contributed by atoms with Gasteiger partial charge in [0, 0.05) is 22.4 Å². The number of fused-ring (bicyclic) bond motifs is 5. The summed E-state index contributed by atoms with van der Waals surface area (Å²) in [5.74, 6) is -1.63. The Kier molecular flexibility index (Phi) is 6.14. The van der Waals surface area contributed by atoms with Gasteiger partial charge in [-0.05, 0) is 59.5 Å². The predicted molar refractivity (Wildman–Crippen MR) is 127 cm³/mol. The molecule has 3 aromatic carbocycles. The minimum atomic E-state index is -5.92. The maximum absolute atomic E-state index is 12.9. The van der Waals surface area contributed by atoms with Crippen molar-refractivity contribution in [3.05, 3.63) is 83.4 Å². The van der Waals surface area contributed by atoms with Crippen molar-refractivity contribution in [1.29, 1.82) is 0 Å². The molecule has 1 unspecified atom stereocenters. The third-order valence-electron chi connectivity index (χ3n) is 6.11. The molecule has 0 spiro atoms. The van der Waals surface area contributed by atoms with Crippen molar-refractivity contribution in [3.8, 4) is 22.8 Å². The molecular formula is C24H15F6NO6S2. The number of rotatable bonds is 5. The molecule has 0 amide bonds. The fourth-order valence-electron chi connectivity index (χ4n) is 4.49.